The lowest BCUT2D eigenvalue weighted by molar-refractivity contribution is 0.105. The van der Waals surface area contributed by atoms with E-state index in [2.05, 4.69) is 16.8 Å². The van der Waals surface area contributed by atoms with Crippen molar-refractivity contribution in [2.75, 3.05) is 6.54 Å². The highest BCUT2D eigenvalue weighted by Crippen LogP contribution is 2.31. The van der Waals surface area contributed by atoms with E-state index in [1.165, 1.54) is 17.7 Å². The van der Waals surface area contributed by atoms with Crippen molar-refractivity contribution in [2.45, 2.75) is 38.5 Å². The fourth-order valence-electron chi connectivity index (χ4n) is 2.45. The van der Waals surface area contributed by atoms with Gasteiger partial charge in [0.05, 0.1) is 17.3 Å². The quantitative estimate of drug-likeness (QED) is 0.887. The fourth-order valence-corrected chi connectivity index (χ4v) is 3.25. The van der Waals surface area contributed by atoms with E-state index < -0.39 is 6.10 Å². The first kappa shape index (κ1) is 13.7. The molecule has 1 aliphatic rings. The van der Waals surface area contributed by atoms with Gasteiger partial charge in [-0.15, -0.1) is 11.3 Å². The molecule has 0 amide bonds. The van der Waals surface area contributed by atoms with Crippen molar-refractivity contribution < 1.29 is 5.11 Å². The zero-order valence-corrected chi connectivity index (χ0v) is 12.5. The molecule has 1 atom stereocenters. The normalized spacial score (nSPS) is 16.6. The molecule has 1 unspecified atom stereocenters. The molecule has 1 fully saturated rings. The van der Waals surface area contributed by atoms with Crippen LogP contribution in [-0.4, -0.2) is 27.6 Å². The Morgan fingerprint density at radius 2 is 2.10 bits per heavy atom. The van der Waals surface area contributed by atoms with Gasteiger partial charge in [-0.2, -0.15) is 0 Å². The minimum Gasteiger partial charge on any atom is -0.387 e. The summed E-state index contributed by atoms with van der Waals surface area (Å²) in [4.78, 5) is 8.03. The van der Waals surface area contributed by atoms with Crippen molar-refractivity contribution >= 4 is 11.3 Å². The van der Waals surface area contributed by atoms with E-state index >= 15 is 0 Å². The molecule has 1 heterocycles. The van der Waals surface area contributed by atoms with Crippen LogP contribution in [0.15, 0.2) is 35.8 Å². The van der Waals surface area contributed by atoms with Crippen molar-refractivity contribution in [3.05, 3.63) is 52.0 Å². The van der Waals surface area contributed by atoms with Crippen molar-refractivity contribution in [2.24, 2.45) is 0 Å². The van der Waals surface area contributed by atoms with E-state index in [0.29, 0.717) is 12.6 Å². The van der Waals surface area contributed by atoms with E-state index in [9.17, 15) is 5.11 Å². The van der Waals surface area contributed by atoms with Crippen molar-refractivity contribution in [3.63, 3.8) is 0 Å². The number of hydrogen-bond acceptors (Lipinski definition) is 4. The van der Waals surface area contributed by atoms with Crippen LogP contribution in [0.4, 0.5) is 0 Å². The standard InChI is InChI=1S/C16H20N2OS/c1-12-16(20-11-17-12)10-18(14-7-8-14)9-15(19)13-5-3-2-4-6-13/h2-6,11,14-15,19H,7-10H2,1H3. The Bertz CT molecular complexity index is 551. The SMILES string of the molecule is Cc1ncsc1CN(CC(O)c1ccccc1)C1CC1. The number of aliphatic hydroxyl groups excluding tert-OH is 1. The molecule has 20 heavy (non-hydrogen) atoms. The summed E-state index contributed by atoms with van der Waals surface area (Å²) in [6.07, 6.45) is 2.09. The van der Waals surface area contributed by atoms with Crippen LogP contribution in [0.1, 0.15) is 35.1 Å². The molecule has 0 aliphatic heterocycles. The Labute approximate surface area is 123 Å². The highest BCUT2D eigenvalue weighted by molar-refractivity contribution is 7.09. The number of aryl methyl sites for hydroxylation is 1. The molecular formula is C16H20N2OS. The van der Waals surface area contributed by atoms with E-state index in [0.717, 1.165) is 17.8 Å². The zero-order valence-electron chi connectivity index (χ0n) is 11.7. The first-order valence-electron chi connectivity index (χ1n) is 7.10. The van der Waals surface area contributed by atoms with Gasteiger partial charge in [0.1, 0.15) is 0 Å². The first-order chi connectivity index (χ1) is 9.74. The number of thiazole rings is 1. The van der Waals surface area contributed by atoms with Gasteiger partial charge in [0.15, 0.2) is 0 Å². The summed E-state index contributed by atoms with van der Waals surface area (Å²) >= 11 is 1.71. The number of aromatic nitrogens is 1. The van der Waals surface area contributed by atoms with Gasteiger partial charge in [0.25, 0.3) is 0 Å². The van der Waals surface area contributed by atoms with Crippen molar-refractivity contribution in [1.82, 2.24) is 9.88 Å². The number of benzene rings is 1. The summed E-state index contributed by atoms with van der Waals surface area (Å²) in [7, 11) is 0. The minimum absolute atomic E-state index is 0.412. The van der Waals surface area contributed by atoms with Gasteiger partial charge in [-0.1, -0.05) is 30.3 Å². The predicted molar refractivity (Wildman–Crippen MR) is 81.7 cm³/mol. The van der Waals surface area contributed by atoms with Crippen LogP contribution < -0.4 is 0 Å². The van der Waals surface area contributed by atoms with Gasteiger partial charge in [-0.25, -0.2) is 4.98 Å². The van der Waals surface area contributed by atoms with Gasteiger partial charge in [-0.3, -0.25) is 4.90 Å². The maximum Gasteiger partial charge on any atom is 0.0917 e. The monoisotopic (exact) mass is 288 g/mol. The molecule has 1 aromatic heterocycles. The summed E-state index contributed by atoms with van der Waals surface area (Å²) in [6.45, 7) is 3.67. The fraction of sp³-hybridized carbons (Fsp3) is 0.438. The highest BCUT2D eigenvalue weighted by Gasteiger charge is 2.31. The predicted octanol–water partition coefficient (Wildman–Crippen LogP) is 3.15. The molecule has 1 aromatic carbocycles. The third-order valence-corrected chi connectivity index (χ3v) is 4.77. The summed E-state index contributed by atoms with van der Waals surface area (Å²) < 4.78 is 0. The second-order valence-electron chi connectivity index (χ2n) is 5.45. The lowest BCUT2D eigenvalue weighted by Gasteiger charge is -2.24. The van der Waals surface area contributed by atoms with Crippen LogP contribution >= 0.6 is 11.3 Å². The summed E-state index contributed by atoms with van der Waals surface area (Å²) in [6, 6.07) is 10.6. The molecule has 4 heteroatoms. The zero-order chi connectivity index (χ0) is 13.9. The second kappa shape index (κ2) is 6.04. The molecule has 3 nitrogen and oxygen atoms in total. The molecule has 0 spiro atoms. The molecule has 106 valence electrons. The number of nitrogens with zero attached hydrogens (tertiary/aromatic N) is 2. The second-order valence-corrected chi connectivity index (χ2v) is 6.39. The van der Waals surface area contributed by atoms with E-state index in [1.54, 1.807) is 11.3 Å². The van der Waals surface area contributed by atoms with Gasteiger partial charge >= 0.3 is 0 Å². The van der Waals surface area contributed by atoms with E-state index in [1.807, 2.05) is 35.8 Å². The van der Waals surface area contributed by atoms with Gasteiger partial charge in [0, 0.05) is 24.0 Å². The van der Waals surface area contributed by atoms with Crippen LogP contribution in [0, 0.1) is 6.92 Å². The van der Waals surface area contributed by atoms with Crippen LogP contribution in [-0.2, 0) is 6.54 Å². The lowest BCUT2D eigenvalue weighted by Crippen LogP contribution is -2.30. The van der Waals surface area contributed by atoms with Gasteiger partial charge < -0.3 is 5.11 Å². The summed E-state index contributed by atoms with van der Waals surface area (Å²) in [5, 5.41) is 10.4. The molecule has 0 bridgehead atoms. The van der Waals surface area contributed by atoms with Crippen LogP contribution in [0.2, 0.25) is 0 Å². The van der Waals surface area contributed by atoms with Gasteiger partial charge in [0.2, 0.25) is 0 Å². The summed E-state index contributed by atoms with van der Waals surface area (Å²) in [5.41, 5.74) is 4.03. The molecule has 3 rings (SSSR count). The molecule has 0 saturated heterocycles. The Morgan fingerprint density at radius 3 is 2.70 bits per heavy atom. The minimum atomic E-state index is -0.412. The number of hydrogen-bond donors (Lipinski definition) is 1. The third-order valence-electron chi connectivity index (χ3n) is 3.85. The van der Waals surface area contributed by atoms with Crippen LogP contribution in [0.5, 0.6) is 0 Å². The molecular weight excluding hydrogens is 268 g/mol. The molecule has 2 aromatic rings. The maximum absolute atomic E-state index is 10.4. The van der Waals surface area contributed by atoms with Crippen molar-refractivity contribution in [3.8, 4) is 0 Å². The molecule has 1 saturated carbocycles. The Kier molecular flexibility index (Phi) is 4.15. The van der Waals surface area contributed by atoms with E-state index in [4.69, 9.17) is 0 Å². The lowest BCUT2D eigenvalue weighted by atomic mass is 10.1. The maximum atomic E-state index is 10.4. The van der Waals surface area contributed by atoms with Crippen LogP contribution in [0.25, 0.3) is 0 Å². The average Bonchev–Trinajstić information content (AvgIpc) is 3.24. The number of aliphatic hydroxyl groups is 1. The topological polar surface area (TPSA) is 36.4 Å². The smallest absolute Gasteiger partial charge is 0.0917 e. The largest absolute Gasteiger partial charge is 0.387 e. The first-order valence-corrected chi connectivity index (χ1v) is 7.98. The van der Waals surface area contributed by atoms with Crippen molar-refractivity contribution in [1.29, 1.82) is 0 Å². The Balaban J connectivity index is 1.67. The average molecular weight is 288 g/mol. The molecule has 1 aliphatic carbocycles. The van der Waals surface area contributed by atoms with Gasteiger partial charge in [-0.05, 0) is 25.3 Å². The number of rotatable bonds is 6. The third kappa shape index (κ3) is 3.26. The highest BCUT2D eigenvalue weighted by atomic mass is 32.1. The Morgan fingerprint density at radius 1 is 1.35 bits per heavy atom. The van der Waals surface area contributed by atoms with Crippen LogP contribution in [0.3, 0.4) is 0 Å². The van der Waals surface area contributed by atoms with E-state index in [-0.39, 0.29) is 0 Å². The summed E-state index contributed by atoms with van der Waals surface area (Å²) in [5.74, 6) is 0. The Hall–Kier alpha value is -1.23. The molecule has 0 radical (unpaired) electrons. The molecule has 1 N–H and O–H groups in total.